The standard InChI is InChI=1S/C22H19ClN2O5/c1-27-16-7-3-14(4-8-16)20(26)19-21(23)25-18(13-24-19)22(29-11-12-30-22)15-5-9-17(28-2)10-6-15/h3-10,13H,11-12H2,1-2H3. The van der Waals surface area contributed by atoms with E-state index in [9.17, 15) is 4.79 Å². The van der Waals surface area contributed by atoms with E-state index in [0.717, 1.165) is 5.56 Å². The summed E-state index contributed by atoms with van der Waals surface area (Å²) in [6.07, 6.45) is 1.46. The molecular formula is C22H19ClN2O5. The van der Waals surface area contributed by atoms with Gasteiger partial charge in [0.25, 0.3) is 0 Å². The second kappa shape index (κ2) is 8.39. The van der Waals surface area contributed by atoms with Crippen molar-refractivity contribution in [3.63, 3.8) is 0 Å². The van der Waals surface area contributed by atoms with Gasteiger partial charge >= 0.3 is 0 Å². The van der Waals surface area contributed by atoms with Crippen LogP contribution in [0, 0.1) is 0 Å². The van der Waals surface area contributed by atoms with Crippen LogP contribution in [0.5, 0.6) is 11.5 Å². The van der Waals surface area contributed by atoms with Crippen LogP contribution in [0.25, 0.3) is 0 Å². The zero-order chi connectivity index (χ0) is 21.1. The number of methoxy groups -OCH3 is 2. The molecule has 0 atom stereocenters. The number of ketones is 1. The first-order valence-corrected chi connectivity index (χ1v) is 9.59. The van der Waals surface area contributed by atoms with Crippen LogP contribution in [-0.4, -0.2) is 43.2 Å². The van der Waals surface area contributed by atoms with E-state index in [1.54, 1.807) is 50.6 Å². The fourth-order valence-corrected chi connectivity index (χ4v) is 3.47. The quantitative estimate of drug-likeness (QED) is 0.557. The first-order chi connectivity index (χ1) is 14.6. The highest BCUT2D eigenvalue weighted by Gasteiger charge is 2.43. The van der Waals surface area contributed by atoms with Gasteiger partial charge in [0.15, 0.2) is 5.15 Å². The van der Waals surface area contributed by atoms with E-state index < -0.39 is 5.79 Å². The predicted molar refractivity (Wildman–Crippen MR) is 109 cm³/mol. The molecule has 0 bridgehead atoms. The van der Waals surface area contributed by atoms with E-state index in [2.05, 4.69) is 9.97 Å². The van der Waals surface area contributed by atoms with Crippen LogP contribution in [0.1, 0.15) is 27.3 Å². The Morgan fingerprint density at radius 2 is 1.53 bits per heavy atom. The number of hydrogen-bond donors (Lipinski definition) is 0. The molecule has 0 saturated carbocycles. The Hall–Kier alpha value is -3.00. The third-order valence-corrected chi connectivity index (χ3v) is 5.06. The molecule has 0 aliphatic carbocycles. The molecule has 7 nitrogen and oxygen atoms in total. The lowest BCUT2D eigenvalue weighted by atomic mass is 10.0. The molecule has 1 aliphatic heterocycles. The van der Waals surface area contributed by atoms with Crippen molar-refractivity contribution in [1.29, 1.82) is 0 Å². The summed E-state index contributed by atoms with van der Waals surface area (Å²) in [4.78, 5) is 21.5. The summed E-state index contributed by atoms with van der Waals surface area (Å²) >= 11 is 6.36. The van der Waals surface area contributed by atoms with Gasteiger partial charge in [-0.1, -0.05) is 11.6 Å². The van der Waals surface area contributed by atoms with E-state index in [1.807, 2.05) is 12.1 Å². The molecular weight excluding hydrogens is 408 g/mol. The first-order valence-electron chi connectivity index (χ1n) is 9.21. The number of hydrogen-bond acceptors (Lipinski definition) is 7. The molecule has 2 heterocycles. The first kappa shape index (κ1) is 20.3. The molecule has 0 amide bonds. The van der Waals surface area contributed by atoms with E-state index >= 15 is 0 Å². The van der Waals surface area contributed by atoms with Gasteiger partial charge in [-0.15, -0.1) is 0 Å². The van der Waals surface area contributed by atoms with Gasteiger partial charge in [-0.2, -0.15) is 0 Å². The van der Waals surface area contributed by atoms with Crippen molar-refractivity contribution in [2.45, 2.75) is 5.79 Å². The van der Waals surface area contributed by atoms with Crippen LogP contribution < -0.4 is 9.47 Å². The number of halogens is 1. The highest BCUT2D eigenvalue weighted by atomic mass is 35.5. The van der Waals surface area contributed by atoms with E-state index in [4.69, 9.17) is 30.5 Å². The molecule has 1 aromatic heterocycles. The van der Waals surface area contributed by atoms with Gasteiger partial charge in [0.2, 0.25) is 11.6 Å². The van der Waals surface area contributed by atoms with E-state index in [0.29, 0.717) is 36.0 Å². The van der Waals surface area contributed by atoms with Crippen molar-refractivity contribution in [2.24, 2.45) is 0 Å². The van der Waals surface area contributed by atoms with Crippen LogP contribution in [0.15, 0.2) is 54.7 Å². The number of benzene rings is 2. The molecule has 3 aromatic rings. The van der Waals surface area contributed by atoms with E-state index in [-0.39, 0.29) is 16.6 Å². The molecule has 0 N–H and O–H groups in total. The molecule has 0 spiro atoms. The van der Waals surface area contributed by atoms with Crippen molar-refractivity contribution in [3.05, 3.63) is 82.4 Å². The van der Waals surface area contributed by atoms with Gasteiger partial charge in [0.05, 0.1) is 33.6 Å². The van der Waals surface area contributed by atoms with Crippen molar-refractivity contribution in [2.75, 3.05) is 27.4 Å². The number of rotatable bonds is 6. The molecule has 0 unspecified atom stereocenters. The second-order valence-electron chi connectivity index (χ2n) is 6.49. The Labute approximate surface area is 178 Å². The van der Waals surface area contributed by atoms with Crippen LogP contribution in [0.3, 0.4) is 0 Å². The Kier molecular flexibility index (Phi) is 5.67. The lowest BCUT2D eigenvalue weighted by Gasteiger charge is -2.27. The van der Waals surface area contributed by atoms with Crippen molar-refractivity contribution < 1.29 is 23.7 Å². The minimum atomic E-state index is -1.25. The molecule has 1 saturated heterocycles. The summed E-state index contributed by atoms with van der Waals surface area (Å²) in [5.41, 5.74) is 1.56. The Bertz CT molecular complexity index is 1050. The predicted octanol–water partition coefficient (Wildman–Crippen LogP) is 3.63. The normalized spacial score (nSPS) is 15.0. The number of carbonyl (C=O) groups excluding carboxylic acids is 1. The Balaban J connectivity index is 1.68. The van der Waals surface area contributed by atoms with Crippen LogP contribution in [0.4, 0.5) is 0 Å². The smallest absolute Gasteiger partial charge is 0.241 e. The monoisotopic (exact) mass is 426 g/mol. The zero-order valence-electron chi connectivity index (χ0n) is 16.4. The maximum Gasteiger partial charge on any atom is 0.241 e. The maximum absolute atomic E-state index is 12.8. The lowest BCUT2D eigenvalue weighted by molar-refractivity contribution is -0.133. The van der Waals surface area contributed by atoms with Gasteiger partial charge in [0.1, 0.15) is 22.9 Å². The number of ether oxygens (including phenoxy) is 4. The van der Waals surface area contributed by atoms with Crippen LogP contribution in [-0.2, 0) is 15.3 Å². The van der Waals surface area contributed by atoms with Crippen LogP contribution >= 0.6 is 11.6 Å². The summed E-state index contributed by atoms with van der Waals surface area (Å²) in [5, 5.41) is -0.0275. The SMILES string of the molecule is COc1ccc(C(=O)c2ncc(C3(c4ccc(OC)cc4)OCCO3)nc2Cl)cc1. The summed E-state index contributed by atoms with van der Waals surface area (Å²) in [6, 6.07) is 14.0. The minimum absolute atomic E-state index is 0.0275. The summed E-state index contributed by atoms with van der Waals surface area (Å²) in [6.45, 7) is 0.774. The molecule has 1 fully saturated rings. The number of carbonyl (C=O) groups is 1. The Morgan fingerprint density at radius 1 is 0.967 bits per heavy atom. The fraction of sp³-hybridized carbons (Fsp3) is 0.227. The highest BCUT2D eigenvalue weighted by molar-refractivity contribution is 6.33. The molecule has 1 aliphatic rings. The summed E-state index contributed by atoms with van der Waals surface area (Å²) in [7, 11) is 3.15. The molecule has 0 radical (unpaired) electrons. The largest absolute Gasteiger partial charge is 0.497 e. The van der Waals surface area contributed by atoms with Gasteiger partial charge in [-0.25, -0.2) is 9.97 Å². The van der Waals surface area contributed by atoms with Gasteiger partial charge in [-0.3, -0.25) is 4.79 Å². The topological polar surface area (TPSA) is 79.8 Å². The van der Waals surface area contributed by atoms with E-state index in [1.165, 1.54) is 6.20 Å². The fourth-order valence-electron chi connectivity index (χ4n) is 3.24. The van der Waals surface area contributed by atoms with Crippen molar-refractivity contribution >= 4 is 17.4 Å². The Morgan fingerprint density at radius 3 is 2.07 bits per heavy atom. The third kappa shape index (κ3) is 3.63. The van der Waals surface area contributed by atoms with Crippen LogP contribution in [0.2, 0.25) is 5.15 Å². The lowest BCUT2D eigenvalue weighted by Crippen LogP contribution is -2.30. The van der Waals surface area contributed by atoms with Crippen molar-refractivity contribution in [3.8, 4) is 11.5 Å². The van der Waals surface area contributed by atoms with Gasteiger partial charge < -0.3 is 18.9 Å². The molecule has 8 heteroatoms. The zero-order valence-corrected chi connectivity index (χ0v) is 17.2. The molecule has 2 aromatic carbocycles. The summed E-state index contributed by atoms with van der Waals surface area (Å²) < 4.78 is 22.2. The highest BCUT2D eigenvalue weighted by Crippen LogP contribution is 2.38. The van der Waals surface area contributed by atoms with Gasteiger partial charge in [0, 0.05) is 11.1 Å². The molecule has 4 rings (SSSR count). The molecule has 30 heavy (non-hydrogen) atoms. The minimum Gasteiger partial charge on any atom is -0.497 e. The summed E-state index contributed by atoms with van der Waals surface area (Å²) in [5.74, 6) is -0.231. The van der Waals surface area contributed by atoms with Crippen molar-refractivity contribution in [1.82, 2.24) is 9.97 Å². The maximum atomic E-state index is 12.8. The molecule has 154 valence electrons. The average Bonchev–Trinajstić information content (AvgIpc) is 3.30. The number of nitrogens with zero attached hydrogens (tertiary/aromatic N) is 2. The third-order valence-electron chi connectivity index (χ3n) is 4.80. The second-order valence-corrected chi connectivity index (χ2v) is 6.85. The van der Waals surface area contributed by atoms with Gasteiger partial charge in [-0.05, 0) is 48.5 Å². The number of aromatic nitrogens is 2. The average molecular weight is 427 g/mol.